The smallest absolute Gasteiger partial charge is 0.0468 e. The molecule has 0 fully saturated rings. The molecule has 2 aliphatic rings. The number of benzene rings is 8. The molecule has 2 aliphatic carbocycles. The number of hydrogen-bond acceptors (Lipinski definition) is 1. The van der Waals surface area contributed by atoms with Gasteiger partial charge in [-0.05, 0) is 114 Å². The van der Waals surface area contributed by atoms with E-state index < -0.39 is 0 Å². The van der Waals surface area contributed by atoms with Crippen LogP contribution < -0.4 is 4.90 Å². The van der Waals surface area contributed by atoms with Gasteiger partial charge in [-0.25, -0.2) is 0 Å². The van der Waals surface area contributed by atoms with Crippen LogP contribution in [0.5, 0.6) is 0 Å². The number of rotatable bonds is 6. The van der Waals surface area contributed by atoms with Crippen molar-refractivity contribution in [3.63, 3.8) is 0 Å². The van der Waals surface area contributed by atoms with Crippen molar-refractivity contribution in [2.24, 2.45) is 0 Å². The summed E-state index contributed by atoms with van der Waals surface area (Å²) in [4.78, 5) is 2.48. The van der Waals surface area contributed by atoms with E-state index in [1.807, 2.05) is 0 Å². The molecular formula is C54H43N. The third kappa shape index (κ3) is 5.22. The molecule has 0 bridgehead atoms. The summed E-state index contributed by atoms with van der Waals surface area (Å²) in [5.41, 5.74) is 21.3. The summed E-state index contributed by atoms with van der Waals surface area (Å²) in [6.45, 7) is 9.47. The average Bonchev–Trinajstić information content (AvgIpc) is 3.60. The Kier molecular flexibility index (Phi) is 7.58. The minimum absolute atomic E-state index is 0.116. The first-order valence-electron chi connectivity index (χ1n) is 19.4. The van der Waals surface area contributed by atoms with E-state index in [0.717, 1.165) is 17.1 Å². The molecule has 0 atom stereocenters. The zero-order valence-electron chi connectivity index (χ0n) is 31.8. The third-order valence-electron chi connectivity index (χ3n) is 12.3. The maximum absolute atomic E-state index is 2.48. The van der Waals surface area contributed by atoms with Gasteiger partial charge >= 0.3 is 0 Å². The molecule has 1 heteroatoms. The first kappa shape index (κ1) is 33.2. The van der Waals surface area contributed by atoms with E-state index in [1.165, 1.54) is 77.9 Å². The molecule has 0 aromatic heterocycles. The van der Waals surface area contributed by atoms with Crippen LogP contribution in [0.2, 0.25) is 0 Å². The van der Waals surface area contributed by atoms with Crippen molar-refractivity contribution in [1.29, 1.82) is 0 Å². The van der Waals surface area contributed by atoms with Gasteiger partial charge in [0.25, 0.3) is 0 Å². The van der Waals surface area contributed by atoms with Crippen molar-refractivity contribution in [2.75, 3.05) is 4.90 Å². The normalized spacial score (nSPS) is 14.1. The standard InChI is InChI=1S/C54H43N/c1-53(2)49-25-15-13-23-44(49)46-31-28-39(34-51(46)53)55(40-29-32-47-45-24-14-16-26-50(45)54(3,4)52(47)35-40)38-27-30-43(48(33-38)37-19-9-6-10-20-37)42-22-12-11-21-41(42)36-17-7-5-8-18-36/h5-35H,1-4H3. The maximum atomic E-state index is 2.48. The van der Waals surface area contributed by atoms with E-state index in [9.17, 15) is 0 Å². The number of nitrogens with zero attached hydrogens (tertiary/aromatic N) is 1. The molecule has 0 spiro atoms. The molecule has 0 aliphatic heterocycles. The molecule has 0 N–H and O–H groups in total. The van der Waals surface area contributed by atoms with Gasteiger partial charge in [0.15, 0.2) is 0 Å². The van der Waals surface area contributed by atoms with Crippen LogP contribution in [0.1, 0.15) is 49.9 Å². The highest BCUT2D eigenvalue weighted by Crippen LogP contribution is 2.53. The van der Waals surface area contributed by atoms with Gasteiger partial charge in [-0.2, -0.15) is 0 Å². The van der Waals surface area contributed by atoms with Crippen LogP contribution in [0.4, 0.5) is 17.1 Å². The van der Waals surface area contributed by atoms with Crippen LogP contribution >= 0.6 is 0 Å². The van der Waals surface area contributed by atoms with Gasteiger partial charge in [0.1, 0.15) is 0 Å². The number of anilines is 3. The van der Waals surface area contributed by atoms with Crippen LogP contribution in [-0.2, 0) is 10.8 Å². The topological polar surface area (TPSA) is 3.24 Å². The monoisotopic (exact) mass is 705 g/mol. The molecule has 0 radical (unpaired) electrons. The van der Waals surface area contributed by atoms with E-state index in [4.69, 9.17) is 0 Å². The van der Waals surface area contributed by atoms with Crippen molar-refractivity contribution >= 4 is 17.1 Å². The lowest BCUT2D eigenvalue weighted by atomic mass is 9.82. The second-order valence-electron chi connectivity index (χ2n) is 16.1. The van der Waals surface area contributed by atoms with Crippen molar-refractivity contribution in [2.45, 2.75) is 38.5 Å². The van der Waals surface area contributed by atoms with Crippen molar-refractivity contribution in [1.82, 2.24) is 0 Å². The van der Waals surface area contributed by atoms with E-state index in [2.05, 4.69) is 221 Å². The fourth-order valence-electron chi connectivity index (χ4n) is 9.46. The Hall–Kier alpha value is -6.44. The van der Waals surface area contributed by atoms with Gasteiger partial charge in [-0.1, -0.05) is 179 Å². The van der Waals surface area contributed by atoms with Crippen LogP contribution in [0.25, 0.3) is 55.6 Å². The summed E-state index contributed by atoms with van der Waals surface area (Å²) >= 11 is 0. The molecule has 0 heterocycles. The highest BCUT2D eigenvalue weighted by atomic mass is 15.1. The fraction of sp³-hybridized carbons (Fsp3) is 0.111. The predicted molar refractivity (Wildman–Crippen MR) is 233 cm³/mol. The summed E-state index contributed by atoms with van der Waals surface area (Å²) < 4.78 is 0. The predicted octanol–water partition coefficient (Wildman–Crippen LogP) is 14.8. The first-order valence-corrected chi connectivity index (χ1v) is 19.4. The zero-order chi connectivity index (χ0) is 37.3. The Morgan fingerprint density at radius 3 is 1.13 bits per heavy atom. The van der Waals surface area contributed by atoms with E-state index >= 15 is 0 Å². The fourth-order valence-corrected chi connectivity index (χ4v) is 9.46. The van der Waals surface area contributed by atoms with Crippen molar-refractivity contribution in [3.05, 3.63) is 210 Å². The van der Waals surface area contributed by atoms with Crippen LogP contribution in [0.15, 0.2) is 188 Å². The highest BCUT2D eigenvalue weighted by molar-refractivity contribution is 5.95. The molecule has 264 valence electrons. The molecule has 8 aromatic rings. The summed E-state index contributed by atoms with van der Waals surface area (Å²) in [5.74, 6) is 0. The van der Waals surface area contributed by atoms with Gasteiger partial charge in [0, 0.05) is 27.9 Å². The van der Waals surface area contributed by atoms with Crippen LogP contribution in [0.3, 0.4) is 0 Å². The summed E-state index contributed by atoms with van der Waals surface area (Å²) in [6.07, 6.45) is 0. The first-order chi connectivity index (χ1) is 26.8. The van der Waals surface area contributed by atoms with E-state index in [-0.39, 0.29) is 10.8 Å². The Morgan fingerprint density at radius 2 is 0.618 bits per heavy atom. The second-order valence-corrected chi connectivity index (χ2v) is 16.1. The van der Waals surface area contributed by atoms with Gasteiger partial charge < -0.3 is 4.90 Å². The molecule has 0 saturated heterocycles. The van der Waals surface area contributed by atoms with Gasteiger partial charge in [0.05, 0.1) is 0 Å². The average molecular weight is 706 g/mol. The Labute approximate surface area is 325 Å². The molecule has 0 amide bonds. The SMILES string of the molecule is CC1(C)c2ccccc2-c2ccc(N(c3ccc(-c4ccccc4-c4ccccc4)c(-c4ccccc4)c3)c3ccc4c(c3)C(C)(C)c3ccccc3-4)cc21. The molecular weight excluding hydrogens is 663 g/mol. The van der Waals surface area contributed by atoms with Gasteiger partial charge in [0.2, 0.25) is 0 Å². The molecule has 8 aromatic carbocycles. The second kappa shape index (κ2) is 12.6. The molecule has 10 rings (SSSR count). The molecule has 0 saturated carbocycles. The lowest BCUT2D eigenvalue weighted by Gasteiger charge is -2.30. The summed E-state index contributed by atoms with van der Waals surface area (Å²) in [7, 11) is 0. The zero-order valence-corrected chi connectivity index (χ0v) is 31.8. The molecule has 1 nitrogen and oxygen atoms in total. The Bertz CT molecular complexity index is 2650. The lowest BCUT2D eigenvalue weighted by Crippen LogP contribution is -2.18. The largest absolute Gasteiger partial charge is 0.310 e. The van der Waals surface area contributed by atoms with Crippen molar-refractivity contribution < 1.29 is 0 Å². The Balaban J connectivity index is 1.20. The summed E-state index contributed by atoms with van der Waals surface area (Å²) in [5, 5.41) is 0. The highest BCUT2D eigenvalue weighted by Gasteiger charge is 2.37. The lowest BCUT2D eigenvalue weighted by molar-refractivity contribution is 0.660. The molecule has 0 unspecified atom stereocenters. The third-order valence-corrected chi connectivity index (χ3v) is 12.3. The quantitative estimate of drug-likeness (QED) is 0.166. The molecule has 55 heavy (non-hydrogen) atoms. The van der Waals surface area contributed by atoms with Gasteiger partial charge in [-0.3, -0.25) is 0 Å². The van der Waals surface area contributed by atoms with Gasteiger partial charge in [-0.15, -0.1) is 0 Å². The number of fused-ring (bicyclic) bond motifs is 6. The van der Waals surface area contributed by atoms with Crippen LogP contribution in [0, 0.1) is 0 Å². The van der Waals surface area contributed by atoms with E-state index in [1.54, 1.807) is 0 Å². The summed E-state index contributed by atoms with van der Waals surface area (Å²) in [6, 6.07) is 69.6. The maximum Gasteiger partial charge on any atom is 0.0468 e. The van der Waals surface area contributed by atoms with Crippen LogP contribution in [-0.4, -0.2) is 0 Å². The number of hydrogen-bond donors (Lipinski definition) is 0. The minimum atomic E-state index is -0.116. The Morgan fingerprint density at radius 1 is 0.273 bits per heavy atom. The minimum Gasteiger partial charge on any atom is -0.310 e. The van der Waals surface area contributed by atoms with E-state index in [0.29, 0.717) is 0 Å². The van der Waals surface area contributed by atoms with Crippen molar-refractivity contribution in [3.8, 4) is 55.6 Å².